The minimum atomic E-state index is -0.411. The average molecular weight is 269 g/mol. The molecular weight excluding hydrogens is 260 g/mol. The topological polar surface area (TPSA) is 38.3 Å². The number of benzene rings is 1. The van der Waals surface area contributed by atoms with Crippen molar-refractivity contribution in [3.8, 4) is 0 Å². The Morgan fingerprint density at radius 3 is 2.33 bits per heavy atom. The van der Waals surface area contributed by atoms with Crippen molar-refractivity contribution in [2.24, 2.45) is 0 Å². The second-order valence-corrected chi connectivity index (χ2v) is 3.87. The lowest BCUT2D eigenvalue weighted by Crippen LogP contribution is -2.18. The van der Waals surface area contributed by atoms with E-state index in [0.29, 0.717) is 16.7 Å². The van der Waals surface area contributed by atoms with Gasteiger partial charge < -0.3 is 10.1 Å². The number of halogens is 3. The molecule has 15 heavy (non-hydrogen) atoms. The van der Waals surface area contributed by atoms with Gasteiger partial charge in [-0.15, -0.1) is 12.4 Å². The molecule has 0 radical (unpaired) electrons. The van der Waals surface area contributed by atoms with Crippen molar-refractivity contribution >= 4 is 41.7 Å². The second-order valence-electron chi connectivity index (χ2n) is 3.00. The number of cyclic esters (lactones) is 1. The summed E-state index contributed by atoms with van der Waals surface area (Å²) in [6.45, 7) is 0.315. The molecule has 1 N–H and O–H groups in total. The number of alkyl carbamates (subject to hydrolysis) is 1. The molecule has 6 heteroatoms. The van der Waals surface area contributed by atoms with Crippen LogP contribution < -0.4 is 5.32 Å². The lowest BCUT2D eigenvalue weighted by Gasteiger charge is -2.08. The average Bonchev–Trinajstić information content (AvgIpc) is 2.50. The van der Waals surface area contributed by atoms with Gasteiger partial charge >= 0.3 is 6.09 Å². The van der Waals surface area contributed by atoms with Gasteiger partial charge in [0.15, 0.2) is 0 Å². The molecule has 0 aromatic heterocycles. The highest BCUT2D eigenvalue weighted by Gasteiger charge is 2.24. The summed E-state index contributed by atoms with van der Waals surface area (Å²) in [4.78, 5) is 10.8. The molecule has 2 rings (SSSR count). The number of nitrogens with one attached hydrogen (secondary N) is 1. The first kappa shape index (κ1) is 12.4. The fraction of sp³-hybridized carbons (Fsp3) is 0.222. The Bertz CT molecular complexity index is 363. The van der Waals surface area contributed by atoms with Crippen molar-refractivity contribution in [3.05, 3.63) is 33.8 Å². The van der Waals surface area contributed by atoms with E-state index in [1.54, 1.807) is 18.2 Å². The van der Waals surface area contributed by atoms with E-state index < -0.39 is 6.09 Å². The predicted octanol–water partition coefficient (Wildman–Crippen LogP) is 3.20. The van der Waals surface area contributed by atoms with Gasteiger partial charge in [0.2, 0.25) is 0 Å². The van der Waals surface area contributed by atoms with Crippen molar-refractivity contribution in [2.75, 3.05) is 6.61 Å². The molecule has 1 heterocycles. The van der Waals surface area contributed by atoms with E-state index in [1.165, 1.54) is 0 Å². The zero-order valence-corrected chi connectivity index (χ0v) is 9.83. The zero-order chi connectivity index (χ0) is 10.1. The third kappa shape index (κ3) is 2.91. The zero-order valence-electron chi connectivity index (χ0n) is 7.50. The molecule has 3 nitrogen and oxygen atoms in total. The molecule has 0 bridgehead atoms. The molecule has 82 valence electrons. The van der Waals surface area contributed by atoms with Crippen LogP contribution >= 0.6 is 35.6 Å². The van der Waals surface area contributed by atoms with Crippen LogP contribution in [0.3, 0.4) is 0 Å². The smallest absolute Gasteiger partial charge is 0.407 e. The lowest BCUT2D eigenvalue weighted by molar-refractivity contribution is 0.177. The lowest BCUT2D eigenvalue weighted by atomic mass is 10.1. The highest BCUT2D eigenvalue weighted by Crippen LogP contribution is 2.25. The molecule has 1 aliphatic rings. The van der Waals surface area contributed by atoms with Gasteiger partial charge in [0.05, 0.1) is 6.04 Å². The van der Waals surface area contributed by atoms with Gasteiger partial charge in [-0.25, -0.2) is 4.79 Å². The van der Waals surface area contributed by atoms with E-state index in [-0.39, 0.29) is 18.4 Å². The molecule has 1 fully saturated rings. The van der Waals surface area contributed by atoms with Gasteiger partial charge in [-0.1, -0.05) is 23.2 Å². The first-order chi connectivity index (χ1) is 6.65. The summed E-state index contributed by atoms with van der Waals surface area (Å²) in [7, 11) is 0. The van der Waals surface area contributed by atoms with Gasteiger partial charge in [0.25, 0.3) is 0 Å². The van der Waals surface area contributed by atoms with E-state index in [4.69, 9.17) is 27.9 Å². The van der Waals surface area contributed by atoms with Crippen LogP contribution in [0.15, 0.2) is 18.2 Å². The van der Waals surface area contributed by atoms with Crippen molar-refractivity contribution in [2.45, 2.75) is 6.04 Å². The Kier molecular flexibility index (Phi) is 4.08. The standard InChI is InChI=1S/C9H7Cl2NO2.ClH/c10-6-1-5(2-7(11)3-6)8-4-14-9(13)12-8;/h1-3,8H,4H2,(H,12,13);1H/t8-;/m0./s1. The van der Waals surface area contributed by atoms with Crippen LogP contribution in [-0.2, 0) is 4.74 Å². The Labute approximate surface area is 103 Å². The minimum absolute atomic E-state index is 0. The quantitative estimate of drug-likeness (QED) is 0.849. The molecule has 0 unspecified atom stereocenters. The Hall–Kier alpha value is -0.640. The SMILES string of the molecule is Cl.O=C1N[C@H](c2cc(Cl)cc(Cl)c2)CO1. The third-order valence-corrected chi connectivity index (χ3v) is 2.40. The van der Waals surface area contributed by atoms with E-state index in [2.05, 4.69) is 5.32 Å². The normalized spacial score (nSPS) is 19.1. The number of hydrogen-bond acceptors (Lipinski definition) is 2. The van der Waals surface area contributed by atoms with E-state index in [9.17, 15) is 4.79 Å². The van der Waals surface area contributed by atoms with Crippen LogP contribution in [0.1, 0.15) is 11.6 Å². The van der Waals surface area contributed by atoms with Crippen LogP contribution in [0.2, 0.25) is 10.0 Å². The van der Waals surface area contributed by atoms with Gasteiger partial charge in [0.1, 0.15) is 6.61 Å². The summed E-state index contributed by atoms with van der Waals surface area (Å²) < 4.78 is 4.76. The summed E-state index contributed by atoms with van der Waals surface area (Å²) in [5.41, 5.74) is 0.855. The summed E-state index contributed by atoms with van der Waals surface area (Å²) in [6.07, 6.45) is -0.411. The number of ether oxygens (including phenoxy) is 1. The number of rotatable bonds is 1. The maximum absolute atomic E-state index is 10.8. The first-order valence-corrected chi connectivity index (χ1v) is 4.80. The van der Waals surface area contributed by atoms with E-state index in [1.807, 2.05) is 0 Å². The van der Waals surface area contributed by atoms with E-state index in [0.717, 1.165) is 5.56 Å². The van der Waals surface area contributed by atoms with Crippen molar-refractivity contribution in [1.29, 1.82) is 0 Å². The van der Waals surface area contributed by atoms with Crippen LogP contribution in [0.4, 0.5) is 4.79 Å². The Morgan fingerprint density at radius 1 is 1.27 bits per heavy atom. The minimum Gasteiger partial charge on any atom is -0.447 e. The molecule has 0 aliphatic carbocycles. The highest BCUT2D eigenvalue weighted by molar-refractivity contribution is 6.34. The Balaban J connectivity index is 0.00000112. The van der Waals surface area contributed by atoms with Gasteiger partial charge in [-0.2, -0.15) is 0 Å². The molecular formula is C9H8Cl3NO2. The molecule has 1 aliphatic heterocycles. The van der Waals surface area contributed by atoms with Crippen LogP contribution in [0, 0.1) is 0 Å². The number of carbonyl (C=O) groups excluding carboxylic acids is 1. The van der Waals surface area contributed by atoms with Crippen molar-refractivity contribution < 1.29 is 9.53 Å². The van der Waals surface area contributed by atoms with Crippen molar-refractivity contribution in [3.63, 3.8) is 0 Å². The van der Waals surface area contributed by atoms with Crippen LogP contribution in [0.5, 0.6) is 0 Å². The summed E-state index contributed by atoms with van der Waals surface area (Å²) in [5, 5.41) is 3.75. The van der Waals surface area contributed by atoms with Crippen LogP contribution in [-0.4, -0.2) is 12.7 Å². The Morgan fingerprint density at radius 2 is 1.87 bits per heavy atom. The summed E-state index contributed by atoms with van der Waals surface area (Å²) in [5.74, 6) is 0. The maximum atomic E-state index is 10.8. The van der Waals surface area contributed by atoms with Gasteiger partial charge in [0, 0.05) is 10.0 Å². The maximum Gasteiger partial charge on any atom is 0.407 e. The fourth-order valence-electron chi connectivity index (χ4n) is 1.34. The summed E-state index contributed by atoms with van der Waals surface area (Å²) >= 11 is 11.7. The molecule has 1 aromatic carbocycles. The molecule has 1 saturated heterocycles. The molecule has 1 atom stereocenters. The fourth-order valence-corrected chi connectivity index (χ4v) is 1.88. The van der Waals surface area contributed by atoms with Gasteiger partial charge in [-0.05, 0) is 23.8 Å². The molecule has 0 spiro atoms. The predicted molar refractivity (Wildman–Crippen MR) is 60.9 cm³/mol. The number of carbonyl (C=O) groups is 1. The molecule has 0 saturated carbocycles. The molecule has 1 aromatic rings. The van der Waals surface area contributed by atoms with Crippen LogP contribution in [0.25, 0.3) is 0 Å². The van der Waals surface area contributed by atoms with E-state index >= 15 is 0 Å². The third-order valence-electron chi connectivity index (χ3n) is 1.96. The monoisotopic (exact) mass is 267 g/mol. The highest BCUT2D eigenvalue weighted by atomic mass is 35.5. The van der Waals surface area contributed by atoms with Crippen molar-refractivity contribution in [1.82, 2.24) is 5.32 Å². The number of hydrogen-bond donors (Lipinski definition) is 1. The largest absolute Gasteiger partial charge is 0.447 e. The van der Waals surface area contributed by atoms with Gasteiger partial charge in [-0.3, -0.25) is 0 Å². The second kappa shape index (κ2) is 4.92. The number of amides is 1. The first-order valence-electron chi connectivity index (χ1n) is 4.04. The molecule has 1 amide bonds. The summed E-state index contributed by atoms with van der Waals surface area (Å²) in [6, 6.07) is 5.00.